The number of hydrogen-bond donors (Lipinski definition) is 11. The molecule has 7 aliphatic rings. The standard InChI is InChI=1S/C43H74O21S/c1-18(2)24(59-40-36(34(27(16-45)62-40)64-65(54,55)56)63-38-33(52)32(51)26(15-44)61-38)8-7-19(3)20-13-21(46)37-41(20,4)12-10-28-42(5)11-9-25(31(50)29(42)22(47)14-43(28,37)53)60-39-35(57-6)30(49)23(48)17-58-39/h18-40,44-53H,7-17H2,1-6H3,(H,54,55,56)/t19-,20-,21+,22-,23-,24+,25+,26+,27+,28-,29+,30+,31+,32-,33-,34-,35-,36-,37-,38+,39+,40-,41-,42-,43+/m1/s1. The second-order valence-electron chi connectivity index (χ2n) is 20.9. The van der Waals surface area contributed by atoms with Gasteiger partial charge in [0.2, 0.25) is 0 Å². The molecule has 0 aromatic carbocycles. The Morgan fingerprint density at radius 2 is 1.40 bits per heavy atom. The minimum absolute atomic E-state index is 0.0234. The highest BCUT2D eigenvalue weighted by Crippen LogP contribution is 2.70. The van der Waals surface area contributed by atoms with Crippen LogP contribution in [0.4, 0.5) is 0 Å². The zero-order chi connectivity index (χ0) is 47.7. The van der Waals surface area contributed by atoms with E-state index < -0.39 is 156 Å². The monoisotopic (exact) mass is 958 g/mol. The molecule has 7 rings (SSSR count). The molecule has 4 aliphatic carbocycles. The van der Waals surface area contributed by atoms with Gasteiger partial charge in [0.25, 0.3) is 0 Å². The van der Waals surface area contributed by atoms with E-state index in [0.29, 0.717) is 44.9 Å². The maximum absolute atomic E-state index is 13.0. The lowest BCUT2D eigenvalue weighted by molar-refractivity contribution is -0.320. The van der Waals surface area contributed by atoms with Crippen molar-refractivity contribution in [3.63, 3.8) is 0 Å². The molecular weight excluding hydrogens is 885 g/mol. The SMILES string of the molecule is CO[C@H]1[C@H](O[C@H]2CC[C@@]3(C)[C@H]([C@H]2O)[C@H](O)C[C@]2(O)[C@@H]3CC[C@]3(C)[C@@H]([C@H](C)CC[C@H](O[C@@H]4O[C@@H](CO)[C@@H](OS(=O)(=O)O)[C@H]4O[C@@H]4O[C@@H](CO)[C@@H](O)[C@H]4O)C(C)C)C[C@H](O)[C@H]32)OC[C@@H](O)[C@@H]1O. The molecule has 21 nitrogen and oxygen atoms in total. The van der Waals surface area contributed by atoms with Gasteiger partial charge in [0, 0.05) is 25.4 Å². The van der Waals surface area contributed by atoms with Crippen LogP contribution in [0, 0.1) is 46.3 Å². The summed E-state index contributed by atoms with van der Waals surface area (Å²) in [6.45, 7) is 8.40. The van der Waals surface area contributed by atoms with Crippen LogP contribution in [0.1, 0.15) is 86.0 Å². The van der Waals surface area contributed by atoms with E-state index in [9.17, 15) is 64.0 Å². The van der Waals surface area contributed by atoms with Crippen LogP contribution in [0.5, 0.6) is 0 Å². The molecule has 3 heterocycles. The van der Waals surface area contributed by atoms with Crippen LogP contribution >= 0.6 is 0 Å². The number of rotatable bonds is 16. The Hall–Kier alpha value is -0.810. The quantitative estimate of drug-likeness (QED) is 0.0609. The predicted octanol–water partition coefficient (Wildman–Crippen LogP) is -1.66. The van der Waals surface area contributed by atoms with Crippen LogP contribution in [-0.2, 0) is 47.7 Å². The first-order valence-corrected chi connectivity index (χ1v) is 24.6. The summed E-state index contributed by atoms with van der Waals surface area (Å²) in [5.41, 5.74) is -2.73. The Morgan fingerprint density at radius 1 is 0.738 bits per heavy atom. The van der Waals surface area contributed by atoms with Crippen molar-refractivity contribution >= 4 is 10.4 Å². The molecule has 0 aromatic heterocycles. The summed E-state index contributed by atoms with van der Waals surface area (Å²) in [6.07, 6.45) is -17.5. The summed E-state index contributed by atoms with van der Waals surface area (Å²) >= 11 is 0. The van der Waals surface area contributed by atoms with Crippen LogP contribution in [-0.4, -0.2) is 201 Å². The zero-order valence-electron chi connectivity index (χ0n) is 38.0. The Balaban J connectivity index is 1.03. The van der Waals surface area contributed by atoms with Gasteiger partial charge >= 0.3 is 10.4 Å². The maximum atomic E-state index is 13.0. The third-order valence-electron chi connectivity index (χ3n) is 16.9. The molecule has 7 fully saturated rings. The van der Waals surface area contributed by atoms with E-state index in [1.807, 2.05) is 20.8 Å². The van der Waals surface area contributed by atoms with E-state index in [-0.39, 0.29) is 36.7 Å². The highest BCUT2D eigenvalue weighted by Gasteiger charge is 2.72. The number of aliphatic hydroxyl groups excluding tert-OH is 9. The Bertz CT molecular complexity index is 1710. The third kappa shape index (κ3) is 9.58. The number of aliphatic hydroxyl groups is 10. The van der Waals surface area contributed by atoms with Crippen molar-refractivity contribution in [3.8, 4) is 0 Å². The highest BCUT2D eigenvalue weighted by atomic mass is 32.3. The Morgan fingerprint density at radius 3 is 2.02 bits per heavy atom. The summed E-state index contributed by atoms with van der Waals surface area (Å²) in [6, 6.07) is 0. The van der Waals surface area contributed by atoms with Gasteiger partial charge in [-0.1, -0.05) is 34.6 Å². The first-order chi connectivity index (χ1) is 30.4. The molecule has 11 N–H and O–H groups in total. The molecule has 3 aliphatic heterocycles. The first-order valence-electron chi connectivity index (χ1n) is 23.2. The fourth-order valence-corrected chi connectivity index (χ4v) is 14.3. The van der Waals surface area contributed by atoms with E-state index >= 15 is 0 Å². The van der Waals surface area contributed by atoms with Crippen LogP contribution in [0.15, 0.2) is 0 Å². The van der Waals surface area contributed by atoms with Crippen LogP contribution in [0.25, 0.3) is 0 Å². The topological polar surface area (TPSA) is 331 Å². The van der Waals surface area contributed by atoms with E-state index in [0.717, 1.165) is 0 Å². The molecule has 4 saturated carbocycles. The van der Waals surface area contributed by atoms with Gasteiger partial charge in [-0.25, -0.2) is 4.18 Å². The molecule has 65 heavy (non-hydrogen) atoms. The molecule has 25 atom stereocenters. The second-order valence-corrected chi connectivity index (χ2v) is 22.0. The zero-order valence-corrected chi connectivity index (χ0v) is 38.8. The van der Waals surface area contributed by atoms with Crippen molar-refractivity contribution in [2.75, 3.05) is 26.9 Å². The lowest BCUT2D eigenvalue weighted by Gasteiger charge is -2.66. The van der Waals surface area contributed by atoms with Gasteiger partial charge in [0.05, 0.1) is 55.9 Å². The van der Waals surface area contributed by atoms with Crippen LogP contribution in [0.3, 0.4) is 0 Å². The Labute approximate surface area is 380 Å². The molecule has 0 spiro atoms. The third-order valence-corrected chi connectivity index (χ3v) is 17.4. The van der Waals surface area contributed by atoms with Crippen molar-refractivity contribution in [3.05, 3.63) is 0 Å². The highest BCUT2D eigenvalue weighted by molar-refractivity contribution is 7.80. The Kier molecular flexibility index (Phi) is 15.8. The van der Waals surface area contributed by atoms with E-state index in [1.54, 1.807) is 0 Å². The van der Waals surface area contributed by atoms with Gasteiger partial charge < -0.3 is 84.2 Å². The van der Waals surface area contributed by atoms with Crippen molar-refractivity contribution in [2.45, 2.75) is 196 Å². The number of fused-ring (bicyclic) bond motifs is 5. The smallest absolute Gasteiger partial charge is 0.394 e. The predicted molar refractivity (Wildman–Crippen MR) is 221 cm³/mol. The van der Waals surface area contributed by atoms with Gasteiger partial charge in [0.15, 0.2) is 18.9 Å². The molecular formula is C43H74O21S. The minimum atomic E-state index is -5.13. The normalized spacial score (nSPS) is 51.1. The van der Waals surface area contributed by atoms with E-state index in [1.165, 1.54) is 7.11 Å². The molecule has 0 radical (unpaired) electrons. The summed E-state index contributed by atoms with van der Waals surface area (Å²) < 4.78 is 79.3. The van der Waals surface area contributed by atoms with Gasteiger partial charge in [-0.2, -0.15) is 8.42 Å². The number of hydrogen-bond acceptors (Lipinski definition) is 20. The molecule has 3 saturated heterocycles. The maximum Gasteiger partial charge on any atom is 0.397 e. The van der Waals surface area contributed by atoms with E-state index in [2.05, 4.69) is 13.8 Å². The lowest BCUT2D eigenvalue weighted by atomic mass is 9.41. The van der Waals surface area contributed by atoms with Gasteiger partial charge in [-0.3, -0.25) is 4.55 Å². The van der Waals surface area contributed by atoms with Gasteiger partial charge in [-0.15, -0.1) is 0 Å². The number of ether oxygens (including phenoxy) is 7. The van der Waals surface area contributed by atoms with Crippen molar-refractivity contribution in [2.24, 2.45) is 46.3 Å². The molecule has 0 unspecified atom stereocenters. The van der Waals surface area contributed by atoms with Crippen molar-refractivity contribution < 1.29 is 101 Å². The van der Waals surface area contributed by atoms with Crippen molar-refractivity contribution in [1.82, 2.24) is 0 Å². The van der Waals surface area contributed by atoms with Gasteiger partial charge in [0.1, 0.15) is 54.9 Å². The first kappa shape index (κ1) is 52.0. The summed E-state index contributed by atoms with van der Waals surface area (Å²) in [5, 5.41) is 110. The fourth-order valence-electron chi connectivity index (χ4n) is 13.8. The molecule has 0 aromatic rings. The lowest BCUT2D eigenvalue weighted by Crippen LogP contribution is -2.71. The van der Waals surface area contributed by atoms with E-state index in [4.69, 9.17) is 37.3 Å². The minimum Gasteiger partial charge on any atom is -0.394 e. The summed E-state index contributed by atoms with van der Waals surface area (Å²) in [4.78, 5) is 0. The molecule has 22 heteroatoms. The average Bonchev–Trinajstić information content (AvgIpc) is 3.80. The molecule has 0 bridgehead atoms. The van der Waals surface area contributed by atoms with Crippen LogP contribution in [0.2, 0.25) is 0 Å². The second kappa shape index (κ2) is 19.8. The van der Waals surface area contributed by atoms with Crippen molar-refractivity contribution in [1.29, 1.82) is 0 Å². The van der Waals surface area contributed by atoms with Crippen LogP contribution < -0.4 is 0 Å². The largest absolute Gasteiger partial charge is 0.397 e. The molecule has 378 valence electrons. The summed E-state index contributed by atoms with van der Waals surface area (Å²) in [5.74, 6) is -1.86. The summed E-state index contributed by atoms with van der Waals surface area (Å²) in [7, 11) is -3.76. The average molecular weight is 959 g/mol. The number of methoxy groups -OCH3 is 1. The van der Waals surface area contributed by atoms with Gasteiger partial charge in [-0.05, 0) is 79.4 Å². The fraction of sp³-hybridized carbons (Fsp3) is 1.00. The molecule has 0 amide bonds.